The van der Waals surface area contributed by atoms with Gasteiger partial charge in [0.25, 0.3) is 5.56 Å². The zero-order chi connectivity index (χ0) is 13.8. The summed E-state index contributed by atoms with van der Waals surface area (Å²) in [5, 5.41) is 3.03. The Morgan fingerprint density at radius 3 is 2.68 bits per heavy atom. The van der Waals surface area contributed by atoms with Crippen LogP contribution >= 0.6 is 15.9 Å². The van der Waals surface area contributed by atoms with Crippen molar-refractivity contribution in [3.63, 3.8) is 0 Å². The lowest BCUT2D eigenvalue weighted by Crippen LogP contribution is -2.10. The molecule has 1 heterocycles. The van der Waals surface area contributed by atoms with Gasteiger partial charge in [-0.05, 0) is 28.1 Å². The van der Waals surface area contributed by atoms with Crippen LogP contribution < -0.4 is 20.3 Å². The summed E-state index contributed by atoms with van der Waals surface area (Å²) in [6, 6.07) is 5.33. The van der Waals surface area contributed by atoms with Crippen LogP contribution in [0.4, 0.5) is 11.5 Å². The van der Waals surface area contributed by atoms with Crippen LogP contribution in [-0.2, 0) is 0 Å². The topological polar surface area (TPSA) is 76.2 Å². The lowest BCUT2D eigenvalue weighted by Gasteiger charge is -2.11. The molecule has 2 aromatic rings. The molecule has 19 heavy (non-hydrogen) atoms. The Morgan fingerprint density at radius 1 is 1.26 bits per heavy atom. The van der Waals surface area contributed by atoms with Crippen LogP contribution in [0, 0.1) is 0 Å². The van der Waals surface area contributed by atoms with E-state index in [-0.39, 0.29) is 5.56 Å². The van der Waals surface area contributed by atoms with Gasteiger partial charge in [-0.1, -0.05) is 0 Å². The van der Waals surface area contributed by atoms with Crippen molar-refractivity contribution in [1.29, 1.82) is 0 Å². The van der Waals surface area contributed by atoms with E-state index in [0.29, 0.717) is 21.8 Å². The monoisotopic (exact) mass is 325 g/mol. The maximum absolute atomic E-state index is 11.4. The highest BCUT2D eigenvalue weighted by Crippen LogP contribution is 2.31. The number of nitrogens with zero attached hydrogens (tertiary/aromatic N) is 1. The molecule has 0 aliphatic heterocycles. The molecule has 2 rings (SSSR count). The molecule has 2 N–H and O–H groups in total. The predicted octanol–water partition coefficient (Wildman–Crippen LogP) is 2.29. The van der Waals surface area contributed by atoms with Gasteiger partial charge in [0, 0.05) is 11.8 Å². The van der Waals surface area contributed by atoms with E-state index < -0.39 is 0 Å². The summed E-state index contributed by atoms with van der Waals surface area (Å²) >= 11 is 3.18. The second-order valence-corrected chi connectivity index (χ2v) is 4.38. The molecule has 0 atom stereocenters. The normalized spacial score (nSPS) is 10.1. The molecule has 0 fully saturated rings. The van der Waals surface area contributed by atoms with Crippen molar-refractivity contribution >= 4 is 27.4 Å². The summed E-state index contributed by atoms with van der Waals surface area (Å²) in [4.78, 5) is 17.9. The van der Waals surface area contributed by atoms with Crippen LogP contribution in [0.25, 0.3) is 0 Å². The maximum Gasteiger partial charge on any atom is 0.267 e. The first-order valence-electron chi connectivity index (χ1n) is 5.38. The first kappa shape index (κ1) is 13.4. The molecule has 0 aliphatic rings. The number of rotatable bonds is 4. The Labute approximate surface area is 117 Å². The molecular formula is C12H12BrN3O3. The Morgan fingerprint density at radius 2 is 2.00 bits per heavy atom. The van der Waals surface area contributed by atoms with Crippen LogP contribution in [0.15, 0.2) is 33.8 Å². The number of ether oxygens (including phenoxy) is 2. The van der Waals surface area contributed by atoms with Crippen molar-refractivity contribution in [2.75, 3.05) is 19.5 Å². The molecule has 6 nitrogen and oxygen atoms in total. The molecule has 1 aromatic carbocycles. The highest BCUT2D eigenvalue weighted by molar-refractivity contribution is 9.10. The Kier molecular flexibility index (Phi) is 4.06. The number of hydrogen-bond acceptors (Lipinski definition) is 5. The predicted molar refractivity (Wildman–Crippen MR) is 75.4 cm³/mol. The van der Waals surface area contributed by atoms with E-state index in [4.69, 9.17) is 9.47 Å². The van der Waals surface area contributed by atoms with Crippen molar-refractivity contribution in [2.24, 2.45) is 0 Å². The van der Waals surface area contributed by atoms with Crippen molar-refractivity contribution in [2.45, 2.75) is 0 Å². The summed E-state index contributed by atoms with van der Waals surface area (Å²) in [5.41, 5.74) is 0.481. The van der Waals surface area contributed by atoms with E-state index >= 15 is 0 Å². The molecule has 100 valence electrons. The molecule has 1 aromatic heterocycles. The summed E-state index contributed by atoms with van der Waals surface area (Å²) in [6.07, 6.45) is 1.33. The second kappa shape index (κ2) is 5.75. The van der Waals surface area contributed by atoms with Crippen LogP contribution in [0.3, 0.4) is 0 Å². The van der Waals surface area contributed by atoms with E-state index in [1.54, 1.807) is 32.4 Å². The molecule has 7 heteroatoms. The van der Waals surface area contributed by atoms with Gasteiger partial charge in [0.15, 0.2) is 17.3 Å². The third-order valence-corrected chi connectivity index (χ3v) is 3.18. The minimum Gasteiger partial charge on any atom is -0.493 e. The lowest BCUT2D eigenvalue weighted by atomic mass is 10.2. The number of H-pyrrole nitrogens is 1. The first-order chi connectivity index (χ1) is 9.15. The summed E-state index contributed by atoms with van der Waals surface area (Å²) in [6.45, 7) is 0. The number of nitrogens with one attached hydrogen (secondary N) is 2. The summed E-state index contributed by atoms with van der Waals surface area (Å²) in [5.74, 6) is 1.65. The van der Waals surface area contributed by atoms with Gasteiger partial charge in [0.1, 0.15) is 4.47 Å². The van der Waals surface area contributed by atoms with Crippen LogP contribution in [-0.4, -0.2) is 24.2 Å². The number of anilines is 2. The summed E-state index contributed by atoms with van der Waals surface area (Å²) < 4.78 is 10.7. The van der Waals surface area contributed by atoms with E-state index in [9.17, 15) is 4.79 Å². The molecule has 0 saturated heterocycles. The van der Waals surface area contributed by atoms with Crippen LogP contribution in [0.5, 0.6) is 11.5 Å². The van der Waals surface area contributed by atoms with Crippen molar-refractivity contribution in [1.82, 2.24) is 9.97 Å². The van der Waals surface area contributed by atoms with E-state index in [1.165, 1.54) is 6.33 Å². The average molecular weight is 326 g/mol. The highest BCUT2D eigenvalue weighted by Gasteiger charge is 2.08. The van der Waals surface area contributed by atoms with Gasteiger partial charge in [0.2, 0.25) is 0 Å². The molecule has 0 bridgehead atoms. The SMILES string of the molecule is COc1ccc(Nc2nc[nH]c(=O)c2Br)cc1OC. The fourth-order valence-corrected chi connectivity index (χ4v) is 1.84. The standard InChI is InChI=1S/C12H12BrN3O3/c1-18-8-4-3-7(5-9(8)19-2)16-11-10(13)12(17)15-6-14-11/h3-6H,1-2H3,(H2,14,15,16,17). The molecule has 0 unspecified atom stereocenters. The Hall–Kier alpha value is -2.02. The molecule has 0 amide bonds. The van der Waals surface area contributed by atoms with Crippen molar-refractivity contribution in [3.8, 4) is 11.5 Å². The molecular weight excluding hydrogens is 314 g/mol. The average Bonchev–Trinajstić information content (AvgIpc) is 2.43. The third kappa shape index (κ3) is 2.87. The third-order valence-electron chi connectivity index (χ3n) is 2.44. The second-order valence-electron chi connectivity index (χ2n) is 3.59. The fourth-order valence-electron chi connectivity index (χ4n) is 1.52. The maximum atomic E-state index is 11.4. The molecule has 0 saturated carbocycles. The lowest BCUT2D eigenvalue weighted by molar-refractivity contribution is 0.355. The number of halogens is 1. The smallest absolute Gasteiger partial charge is 0.267 e. The number of hydrogen-bond donors (Lipinski definition) is 2. The van der Waals surface area contributed by atoms with Crippen molar-refractivity contribution in [3.05, 3.63) is 39.4 Å². The van der Waals surface area contributed by atoms with Crippen LogP contribution in [0.1, 0.15) is 0 Å². The number of benzene rings is 1. The van der Waals surface area contributed by atoms with Gasteiger partial charge in [-0.2, -0.15) is 0 Å². The molecule has 0 radical (unpaired) electrons. The van der Waals surface area contributed by atoms with Crippen molar-refractivity contribution < 1.29 is 9.47 Å². The Balaban J connectivity index is 2.33. The van der Waals surface area contributed by atoms with Gasteiger partial charge in [0.05, 0.1) is 20.5 Å². The van der Waals surface area contributed by atoms with Gasteiger partial charge in [-0.25, -0.2) is 4.98 Å². The number of aromatic amines is 1. The Bertz CT molecular complexity index is 642. The number of methoxy groups -OCH3 is 2. The number of aromatic nitrogens is 2. The van der Waals surface area contributed by atoms with Gasteiger partial charge in [-0.3, -0.25) is 4.79 Å². The first-order valence-corrected chi connectivity index (χ1v) is 6.17. The van der Waals surface area contributed by atoms with E-state index in [2.05, 4.69) is 31.2 Å². The quantitative estimate of drug-likeness (QED) is 0.902. The van der Waals surface area contributed by atoms with Gasteiger partial charge >= 0.3 is 0 Å². The van der Waals surface area contributed by atoms with Gasteiger partial charge < -0.3 is 19.8 Å². The molecule has 0 aliphatic carbocycles. The highest BCUT2D eigenvalue weighted by atomic mass is 79.9. The van der Waals surface area contributed by atoms with Crippen LogP contribution in [0.2, 0.25) is 0 Å². The van der Waals surface area contributed by atoms with Gasteiger partial charge in [-0.15, -0.1) is 0 Å². The zero-order valence-corrected chi connectivity index (χ0v) is 11.9. The summed E-state index contributed by atoms with van der Waals surface area (Å²) in [7, 11) is 3.13. The molecule has 0 spiro atoms. The minimum atomic E-state index is -0.252. The largest absolute Gasteiger partial charge is 0.493 e. The van der Waals surface area contributed by atoms with E-state index in [0.717, 1.165) is 5.69 Å². The van der Waals surface area contributed by atoms with E-state index in [1.807, 2.05) is 0 Å². The minimum absolute atomic E-state index is 0.252. The fraction of sp³-hybridized carbons (Fsp3) is 0.167. The zero-order valence-electron chi connectivity index (χ0n) is 10.4.